The lowest BCUT2D eigenvalue weighted by Crippen LogP contribution is -2.30. The summed E-state index contributed by atoms with van der Waals surface area (Å²) >= 11 is 6.64. The molecule has 0 bridgehead atoms. The number of amides is 1. The SMILES string of the molecule is CCN(CC)C(=O)c1sc(NC(=S)Nc2c(C)nn(C)c2C)c(C(=O)OC)c1C. The van der Waals surface area contributed by atoms with Crippen LogP contribution in [0.4, 0.5) is 10.7 Å². The molecule has 0 aliphatic carbocycles. The number of ether oxygens (including phenoxy) is 1. The monoisotopic (exact) mass is 437 g/mol. The summed E-state index contributed by atoms with van der Waals surface area (Å²) in [5.74, 6) is -0.634. The molecule has 0 radical (unpaired) electrons. The fraction of sp³-hybridized carbons (Fsp3) is 0.474. The number of nitrogens with zero attached hydrogens (tertiary/aromatic N) is 3. The zero-order valence-corrected chi connectivity index (χ0v) is 19.4. The number of esters is 1. The van der Waals surface area contributed by atoms with E-state index in [4.69, 9.17) is 17.0 Å². The summed E-state index contributed by atoms with van der Waals surface area (Å²) in [7, 11) is 3.17. The van der Waals surface area contributed by atoms with Crippen LogP contribution in [-0.4, -0.2) is 51.9 Å². The zero-order valence-electron chi connectivity index (χ0n) is 17.8. The van der Waals surface area contributed by atoms with Crippen molar-refractivity contribution >= 4 is 51.2 Å². The summed E-state index contributed by atoms with van der Waals surface area (Å²) in [4.78, 5) is 27.5. The molecule has 8 nitrogen and oxygen atoms in total. The first kappa shape index (κ1) is 22.8. The van der Waals surface area contributed by atoms with E-state index in [0.29, 0.717) is 39.2 Å². The molecule has 2 heterocycles. The van der Waals surface area contributed by atoms with Crippen LogP contribution in [0.2, 0.25) is 0 Å². The summed E-state index contributed by atoms with van der Waals surface area (Å²) in [6.07, 6.45) is 0. The molecule has 0 atom stereocenters. The normalized spacial score (nSPS) is 10.6. The van der Waals surface area contributed by atoms with Crippen molar-refractivity contribution < 1.29 is 14.3 Å². The number of carbonyl (C=O) groups excluding carboxylic acids is 2. The molecular weight excluding hydrogens is 410 g/mol. The molecule has 0 aliphatic heterocycles. The molecule has 0 fully saturated rings. The van der Waals surface area contributed by atoms with Crippen LogP contribution in [0.5, 0.6) is 0 Å². The summed E-state index contributed by atoms with van der Waals surface area (Å²) in [6.45, 7) is 10.6. The van der Waals surface area contributed by atoms with Gasteiger partial charge in [-0.15, -0.1) is 11.3 Å². The van der Waals surface area contributed by atoms with Gasteiger partial charge in [-0.25, -0.2) is 4.79 Å². The van der Waals surface area contributed by atoms with E-state index in [1.807, 2.05) is 34.7 Å². The Kier molecular flexibility index (Phi) is 7.37. The van der Waals surface area contributed by atoms with Crippen LogP contribution in [0, 0.1) is 20.8 Å². The number of nitrogens with one attached hydrogen (secondary N) is 2. The third-order valence-electron chi connectivity index (χ3n) is 4.76. The first-order chi connectivity index (χ1) is 13.7. The van der Waals surface area contributed by atoms with Gasteiger partial charge in [0.05, 0.1) is 34.6 Å². The standard InChI is InChI=1S/C19H27N5O3S2/c1-8-24(9-2)17(25)15-10(3)13(18(26)27-7)16(29-15)21-19(28)20-14-11(4)22-23(6)12(14)5/h8-9H2,1-7H3,(H2,20,21,28). The number of thiophene rings is 1. The molecule has 2 aromatic rings. The highest BCUT2D eigenvalue weighted by atomic mass is 32.1. The molecule has 0 saturated carbocycles. The van der Waals surface area contributed by atoms with Crippen molar-refractivity contribution in [3.63, 3.8) is 0 Å². The number of aromatic nitrogens is 2. The topological polar surface area (TPSA) is 88.5 Å². The molecule has 2 N–H and O–H groups in total. The Bertz CT molecular complexity index is 944. The Labute approximate surface area is 180 Å². The van der Waals surface area contributed by atoms with Crippen LogP contribution in [-0.2, 0) is 11.8 Å². The van der Waals surface area contributed by atoms with Gasteiger partial charge in [-0.2, -0.15) is 5.10 Å². The zero-order chi connectivity index (χ0) is 21.9. The lowest BCUT2D eigenvalue weighted by molar-refractivity contribution is 0.0601. The minimum atomic E-state index is -0.517. The van der Waals surface area contributed by atoms with Gasteiger partial charge in [0, 0.05) is 20.1 Å². The lowest BCUT2D eigenvalue weighted by atomic mass is 10.1. The lowest BCUT2D eigenvalue weighted by Gasteiger charge is -2.17. The molecule has 0 saturated heterocycles. The van der Waals surface area contributed by atoms with Crippen molar-refractivity contribution in [1.82, 2.24) is 14.7 Å². The van der Waals surface area contributed by atoms with Crippen LogP contribution >= 0.6 is 23.6 Å². The number of carbonyl (C=O) groups is 2. The van der Waals surface area contributed by atoms with Gasteiger partial charge in [-0.05, 0) is 52.4 Å². The number of hydrogen-bond acceptors (Lipinski definition) is 6. The van der Waals surface area contributed by atoms with Crippen molar-refractivity contribution in [1.29, 1.82) is 0 Å². The van der Waals surface area contributed by atoms with Crippen LogP contribution in [0.25, 0.3) is 0 Å². The predicted molar refractivity (Wildman–Crippen MR) is 120 cm³/mol. The highest BCUT2D eigenvalue weighted by molar-refractivity contribution is 7.80. The maximum absolute atomic E-state index is 12.9. The van der Waals surface area contributed by atoms with Gasteiger partial charge in [0.2, 0.25) is 0 Å². The van der Waals surface area contributed by atoms with E-state index in [2.05, 4.69) is 15.7 Å². The number of thiocarbonyl (C=S) groups is 1. The molecule has 0 aromatic carbocycles. The van der Waals surface area contributed by atoms with Gasteiger partial charge in [0.15, 0.2) is 5.11 Å². The first-order valence-corrected chi connectivity index (χ1v) is 10.5. The highest BCUT2D eigenvalue weighted by Gasteiger charge is 2.27. The highest BCUT2D eigenvalue weighted by Crippen LogP contribution is 2.35. The quantitative estimate of drug-likeness (QED) is 0.528. The van der Waals surface area contributed by atoms with Gasteiger partial charge in [0.25, 0.3) is 5.91 Å². The van der Waals surface area contributed by atoms with Crippen LogP contribution in [0.15, 0.2) is 0 Å². The van der Waals surface area contributed by atoms with Crippen molar-refractivity contribution in [3.05, 3.63) is 27.4 Å². The minimum Gasteiger partial charge on any atom is -0.465 e. The van der Waals surface area contributed by atoms with Gasteiger partial charge in [-0.3, -0.25) is 9.48 Å². The molecule has 10 heteroatoms. The van der Waals surface area contributed by atoms with Gasteiger partial charge >= 0.3 is 5.97 Å². The van der Waals surface area contributed by atoms with E-state index in [1.165, 1.54) is 18.4 Å². The number of methoxy groups -OCH3 is 1. The second kappa shape index (κ2) is 9.36. The Balaban J connectivity index is 2.38. The number of rotatable bonds is 6. The second-order valence-electron chi connectivity index (χ2n) is 6.48. The van der Waals surface area contributed by atoms with Crippen molar-refractivity contribution in [2.75, 3.05) is 30.8 Å². The van der Waals surface area contributed by atoms with Gasteiger partial charge in [0.1, 0.15) is 5.00 Å². The Morgan fingerprint density at radius 3 is 2.31 bits per heavy atom. The number of anilines is 2. The molecule has 0 aliphatic rings. The molecule has 0 unspecified atom stereocenters. The van der Waals surface area contributed by atoms with Crippen molar-refractivity contribution in [3.8, 4) is 0 Å². The molecule has 2 rings (SSSR count). The predicted octanol–water partition coefficient (Wildman–Crippen LogP) is 3.48. The molecule has 0 spiro atoms. The van der Waals surface area contributed by atoms with Gasteiger partial charge in [-0.1, -0.05) is 0 Å². The average Bonchev–Trinajstić information content (AvgIpc) is 3.12. The fourth-order valence-corrected chi connectivity index (χ4v) is 4.45. The first-order valence-electron chi connectivity index (χ1n) is 9.25. The Morgan fingerprint density at radius 1 is 1.21 bits per heavy atom. The second-order valence-corrected chi connectivity index (χ2v) is 7.91. The Hall–Kier alpha value is -2.46. The van der Waals surface area contributed by atoms with Crippen LogP contribution in [0.1, 0.15) is 50.8 Å². The largest absolute Gasteiger partial charge is 0.465 e. The van der Waals surface area contributed by atoms with E-state index >= 15 is 0 Å². The third kappa shape index (κ3) is 4.59. The number of aryl methyl sites for hydroxylation is 2. The van der Waals surface area contributed by atoms with E-state index in [1.54, 1.807) is 16.5 Å². The minimum absolute atomic E-state index is 0.117. The molecule has 2 aromatic heterocycles. The van der Waals surface area contributed by atoms with Crippen molar-refractivity contribution in [2.45, 2.75) is 34.6 Å². The maximum atomic E-state index is 12.9. The van der Waals surface area contributed by atoms with Crippen LogP contribution < -0.4 is 10.6 Å². The molecule has 1 amide bonds. The summed E-state index contributed by atoms with van der Waals surface area (Å²) < 4.78 is 6.69. The van der Waals surface area contributed by atoms with E-state index < -0.39 is 5.97 Å². The van der Waals surface area contributed by atoms with Crippen LogP contribution in [0.3, 0.4) is 0 Å². The molecule has 29 heavy (non-hydrogen) atoms. The summed E-state index contributed by atoms with van der Waals surface area (Å²) in [5.41, 5.74) is 3.44. The van der Waals surface area contributed by atoms with E-state index in [-0.39, 0.29) is 5.91 Å². The average molecular weight is 438 g/mol. The summed E-state index contributed by atoms with van der Waals surface area (Å²) in [6, 6.07) is 0. The molecule has 158 valence electrons. The smallest absolute Gasteiger partial charge is 0.341 e. The van der Waals surface area contributed by atoms with Crippen molar-refractivity contribution in [2.24, 2.45) is 7.05 Å². The summed E-state index contributed by atoms with van der Waals surface area (Å²) in [5, 5.41) is 11.3. The van der Waals surface area contributed by atoms with E-state index in [9.17, 15) is 9.59 Å². The fourth-order valence-electron chi connectivity index (χ4n) is 3.01. The third-order valence-corrected chi connectivity index (χ3v) is 6.16. The Morgan fingerprint density at radius 2 is 1.83 bits per heavy atom. The maximum Gasteiger partial charge on any atom is 0.341 e. The van der Waals surface area contributed by atoms with E-state index in [0.717, 1.165) is 17.1 Å². The number of hydrogen-bond donors (Lipinski definition) is 2. The molecular formula is C19H27N5O3S2. The van der Waals surface area contributed by atoms with Gasteiger partial charge < -0.3 is 20.3 Å².